The molecule has 0 saturated heterocycles. The van der Waals surface area contributed by atoms with Gasteiger partial charge in [0.2, 0.25) is 0 Å². The van der Waals surface area contributed by atoms with E-state index < -0.39 is 5.97 Å². The first kappa shape index (κ1) is 15.0. The Morgan fingerprint density at radius 1 is 1.05 bits per heavy atom. The zero-order valence-corrected chi connectivity index (χ0v) is 12.2. The van der Waals surface area contributed by atoms with E-state index in [2.05, 4.69) is 10.2 Å². The molecule has 5 nitrogen and oxygen atoms in total. The molecule has 0 amide bonds. The van der Waals surface area contributed by atoms with Gasteiger partial charge in [0.1, 0.15) is 11.3 Å². The smallest absolute Gasteiger partial charge is 0.339 e. The number of hydrogen-bond donors (Lipinski definition) is 2. The SMILES string of the molecule is Cc1ccc(N=Nc2cc(C)c(O)c(C(=O)O)c2)cc1Cl. The molecule has 0 aromatic heterocycles. The summed E-state index contributed by atoms with van der Waals surface area (Å²) in [6, 6.07) is 8.08. The Kier molecular flexibility index (Phi) is 4.23. The van der Waals surface area contributed by atoms with Crippen molar-refractivity contribution in [2.24, 2.45) is 10.2 Å². The van der Waals surface area contributed by atoms with Crippen molar-refractivity contribution in [3.8, 4) is 5.75 Å². The number of rotatable bonds is 3. The fourth-order valence-electron chi connectivity index (χ4n) is 1.74. The van der Waals surface area contributed by atoms with E-state index >= 15 is 0 Å². The third kappa shape index (κ3) is 3.38. The van der Waals surface area contributed by atoms with E-state index in [-0.39, 0.29) is 11.3 Å². The van der Waals surface area contributed by atoms with Crippen molar-refractivity contribution in [2.45, 2.75) is 13.8 Å². The summed E-state index contributed by atoms with van der Waals surface area (Å²) in [6.07, 6.45) is 0. The van der Waals surface area contributed by atoms with Crippen LogP contribution in [0.5, 0.6) is 5.75 Å². The van der Waals surface area contributed by atoms with Crippen LogP contribution in [0.3, 0.4) is 0 Å². The van der Waals surface area contributed by atoms with Crippen LogP contribution in [-0.2, 0) is 0 Å². The number of aromatic hydroxyl groups is 1. The van der Waals surface area contributed by atoms with Crippen LogP contribution in [0.25, 0.3) is 0 Å². The van der Waals surface area contributed by atoms with E-state index in [0.29, 0.717) is 22.0 Å². The lowest BCUT2D eigenvalue weighted by Crippen LogP contribution is -1.97. The number of benzene rings is 2. The molecule has 2 rings (SSSR count). The van der Waals surface area contributed by atoms with Crippen molar-refractivity contribution < 1.29 is 15.0 Å². The maximum atomic E-state index is 11.0. The number of aromatic carboxylic acids is 1. The van der Waals surface area contributed by atoms with Gasteiger partial charge in [-0.15, -0.1) is 0 Å². The number of hydrogen-bond acceptors (Lipinski definition) is 4. The second kappa shape index (κ2) is 5.93. The molecule has 0 heterocycles. The minimum atomic E-state index is -1.22. The lowest BCUT2D eigenvalue weighted by atomic mass is 10.1. The van der Waals surface area contributed by atoms with Crippen molar-refractivity contribution in [1.82, 2.24) is 0 Å². The van der Waals surface area contributed by atoms with Crippen molar-refractivity contribution in [1.29, 1.82) is 0 Å². The van der Waals surface area contributed by atoms with Gasteiger partial charge in [-0.2, -0.15) is 10.2 Å². The van der Waals surface area contributed by atoms with Crippen LogP contribution in [0.15, 0.2) is 40.6 Å². The topological polar surface area (TPSA) is 82.2 Å². The molecule has 0 fully saturated rings. The van der Waals surface area contributed by atoms with Gasteiger partial charge in [0.25, 0.3) is 0 Å². The molecule has 0 bridgehead atoms. The first-order valence-electron chi connectivity index (χ1n) is 6.13. The summed E-state index contributed by atoms with van der Waals surface area (Å²) in [5.41, 5.74) is 2.06. The predicted molar refractivity (Wildman–Crippen MR) is 80.2 cm³/mol. The normalized spacial score (nSPS) is 11.0. The van der Waals surface area contributed by atoms with E-state index in [9.17, 15) is 9.90 Å². The standard InChI is InChI=1S/C15H13ClN2O3/c1-8-3-4-10(7-13(8)16)17-18-11-5-9(2)14(19)12(6-11)15(20)21/h3-7,19H,1-2H3,(H,20,21). The molecule has 0 saturated carbocycles. The molecule has 0 radical (unpaired) electrons. The highest BCUT2D eigenvalue weighted by Gasteiger charge is 2.13. The maximum Gasteiger partial charge on any atom is 0.339 e. The number of carboxylic acid groups (broad SMARTS) is 1. The summed E-state index contributed by atoms with van der Waals surface area (Å²) in [4.78, 5) is 11.0. The molecule has 0 aliphatic rings. The van der Waals surface area contributed by atoms with E-state index in [1.165, 1.54) is 6.07 Å². The molecule has 2 N–H and O–H groups in total. The number of aryl methyl sites for hydroxylation is 2. The summed E-state index contributed by atoms with van der Waals surface area (Å²) in [7, 11) is 0. The molecule has 0 aliphatic heterocycles. The van der Waals surface area contributed by atoms with Gasteiger partial charge < -0.3 is 10.2 Å². The molecule has 0 atom stereocenters. The second-order valence-corrected chi connectivity index (χ2v) is 5.00. The summed E-state index contributed by atoms with van der Waals surface area (Å²) in [5.74, 6) is -1.48. The van der Waals surface area contributed by atoms with E-state index in [4.69, 9.17) is 16.7 Å². The molecule has 108 valence electrons. The van der Waals surface area contributed by atoms with Crippen LogP contribution >= 0.6 is 11.6 Å². The van der Waals surface area contributed by atoms with Crippen LogP contribution in [0.2, 0.25) is 5.02 Å². The van der Waals surface area contributed by atoms with Crippen molar-refractivity contribution >= 4 is 28.9 Å². The fraction of sp³-hybridized carbons (Fsp3) is 0.133. The minimum absolute atomic E-state index is 0.203. The molecular formula is C15H13ClN2O3. The highest BCUT2D eigenvalue weighted by Crippen LogP contribution is 2.30. The van der Waals surface area contributed by atoms with Gasteiger partial charge in [-0.05, 0) is 49.2 Å². The number of nitrogens with zero attached hydrogens (tertiary/aromatic N) is 2. The molecule has 21 heavy (non-hydrogen) atoms. The van der Waals surface area contributed by atoms with Gasteiger partial charge >= 0.3 is 5.97 Å². The summed E-state index contributed by atoms with van der Waals surface area (Å²) in [5, 5.41) is 27.3. The molecule has 2 aromatic rings. The third-order valence-corrected chi connectivity index (χ3v) is 3.36. The highest BCUT2D eigenvalue weighted by atomic mass is 35.5. The Hall–Kier alpha value is -2.40. The van der Waals surface area contributed by atoms with Crippen molar-refractivity contribution in [2.75, 3.05) is 0 Å². The monoisotopic (exact) mass is 304 g/mol. The average molecular weight is 305 g/mol. The molecule has 0 unspecified atom stereocenters. The number of carboxylic acids is 1. The van der Waals surface area contributed by atoms with Gasteiger partial charge in [-0.1, -0.05) is 17.7 Å². The summed E-state index contributed by atoms with van der Waals surface area (Å²) < 4.78 is 0. The first-order chi connectivity index (χ1) is 9.88. The molecule has 0 aliphatic carbocycles. The fourth-order valence-corrected chi connectivity index (χ4v) is 1.92. The molecular weight excluding hydrogens is 292 g/mol. The Labute approximate surface area is 126 Å². The number of phenols is 1. The first-order valence-corrected chi connectivity index (χ1v) is 6.51. The predicted octanol–water partition coefficient (Wildman–Crippen LogP) is 4.78. The largest absolute Gasteiger partial charge is 0.507 e. The third-order valence-electron chi connectivity index (χ3n) is 2.95. The highest BCUT2D eigenvalue weighted by molar-refractivity contribution is 6.31. The Bertz CT molecular complexity index is 742. The van der Waals surface area contributed by atoms with E-state index in [1.807, 2.05) is 13.0 Å². The Morgan fingerprint density at radius 3 is 2.33 bits per heavy atom. The van der Waals surface area contributed by atoms with Crippen LogP contribution < -0.4 is 0 Å². The van der Waals surface area contributed by atoms with Gasteiger partial charge in [0, 0.05) is 5.02 Å². The molecule has 2 aromatic carbocycles. The van der Waals surface area contributed by atoms with Gasteiger partial charge in [0.15, 0.2) is 0 Å². The Morgan fingerprint density at radius 2 is 1.71 bits per heavy atom. The van der Waals surface area contributed by atoms with Gasteiger partial charge in [-0.25, -0.2) is 4.79 Å². The number of azo groups is 1. The van der Waals surface area contributed by atoms with Crippen molar-refractivity contribution in [3.05, 3.63) is 52.0 Å². The van der Waals surface area contributed by atoms with Crippen LogP contribution in [-0.4, -0.2) is 16.2 Å². The van der Waals surface area contributed by atoms with Gasteiger partial charge in [-0.3, -0.25) is 0 Å². The van der Waals surface area contributed by atoms with Crippen LogP contribution in [0, 0.1) is 13.8 Å². The maximum absolute atomic E-state index is 11.0. The molecule has 6 heteroatoms. The summed E-state index contributed by atoms with van der Waals surface area (Å²) >= 11 is 6.00. The quantitative estimate of drug-likeness (QED) is 0.801. The lowest BCUT2D eigenvalue weighted by molar-refractivity contribution is 0.0693. The van der Waals surface area contributed by atoms with E-state index in [0.717, 1.165) is 5.56 Å². The van der Waals surface area contributed by atoms with Crippen molar-refractivity contribution in [3.63, 3.8) is 0 Å². The minimum Gasteiger partial charge on any atom is -0.507 e. The van der Waals surface area contributed by atoms with E-state index in [1.54, 1.807) is 25.1 Å². The Balaban J connectivity index is 2.37. The zero-order valence-electron chi connectivity index (χ0n) is 11.5. The summed E-state index contributed by atoms with van der Waals surface area (Å²) in [6.45, 7) is 3.48. The average Bonchev–Trinajstić information content (AvgIpc) is 2.43. The second-order valence-electron chi connectivity index (χ2n) is 4.60. The lowest BCUT2D eigenvalue weighted by Gasteiger charge is -2.04. The number of carbonyl (C=O) groups is 1. The van der Waals surface area contributed by atoms with Gasteiger partial charge in [0.05, 0.1) is 11.4 Å². The van der Waals surface area contributed by atoms with Crippen LogP contribution in [0.1, 0.15) is 21.5 Å². The molecule has 0 spiro atoms. The van der Waals surface area contributed by atoms with Crippen LogP contribution in [0.4, 0.5) is 11.4 Å². The number of halogens is 1. The zero-order chi connectivity index (χ0) is 15.6.